The van der Waals surface area contributed by atoms with E-state index in [-0.39, 0.29) is 0 Å². The topological polar surface area (TPSA) is 87.0 Å². The molecule has 0 aromatic heterocycles. The van der Waals surface area contributed by atoms with Crippen molar-refractivity contribution < 1.29 is 28.5 Å². The van der Waals surface area contributed by atoms with E-state index in [1.165, 1.54) is 7.11 Å². The molecule has 1 saturated heterocycles. The molecule has 0 radical (unpaired) electrons. The molecule has 1 atom stereocenters. The average Bonchev–Trinajstić information content (AvgIpc) is 3.33. The van der Waals surface area contributed by atoms with Crippen molar-refractivity contribution in [1.82, 2.24) is 0 Å². The number of nitriles is 1. The van der Waals surface area contributed by atoms with E-state index in [0.29, 0.717) is 47.2 Å². The number of rotatable bonds is 7. The molecule has 2 aromatic carbocycles. The summed E-state index contributed by atoms with van der Waals surface area (Å²) in [5, 5.41) is 9.65. The van der Waals surface area contributed by atoms with Gasteiger partial charge in [0.1, 0.15) is 0 Å². The van der Waals surface area contributed by atoms with Crippen LogP contribution in [0, 0.1) is 11.3 Å². The van der Waals surface area contributed by atoms with Crippen LogP contribution in [0.1, 0.15) is 24.0 Å². The zero-order chi connectivity index (χ0) is 21.5. The molecule has 1 heterocycles. The number of ether oxygens (including phenoxy) is 5. The first kappa shape index (κ1) is 21.2. The Kier molecular flexibility index (Phi) is 6.94. The first-order chi connectivity index (χ1) is 14.6. The Morgan fingerprint density at radius 3 is 2.37 bits per heavy atom. The largest absolute Gasteiger partial charge is 0.493 e. The molecule has 0 bridgehead atoms. The van der Waals surface area contributed by atoms with Gasteiger partial charge in [0.2, 0.25) is 0 Å². The van der Waals surface area contributed by atoms with Crippen LogP contribution in [0.2, 0.25) is 0 Å². The van der Waals surface area contributed by atoms with E-state index in [0.717, 1.165) is 12.0 Å². The maximum atomic E-state index is 12.2. The Morgan fingerprint density at radius 2 is 1.73 bits per heavy atom. The van der Waals surface area contributed by atoms with E-state index in [2.05, 4.69) is 6.07 Å². The highest BCUT2D eigenvalue weighted by atomic mass is 16.6. The number of allylic oxidation sites excluding steroid dienone is 1. The standard InChI is InChI=1S/C23H23NO6/c1-26-18-9-7-16(13-22(18)28-3)17(14-24)11-15-6-8-19(21(12-15)27-2)30-23(25)20-5-4-10-29-20/h6-9,11-13,20H,4-5,10H2,1-3H3/b17-11-. The van der Waals surface area contributed by atoms with Crippen molar-refractivity contribution in [2.45, 2.75) is 18.9 Å². The van der Waals surface area contributed by atoms with Crippen LogP contribution in [0.4, 0.5) is 0 Å². The van der Waals surface area contributed by atoms with Gasteiger partial charge in [0.05, 0.1) is 33.0 Å². The van der Waals surface area contributed by atoms with E-state index in [1.54, 1.807) is 56.7 Å². The average molecular weight is 409 g/mol. The van der Waals surface area contributed by atoms with Gasteiger partial charge in [0.25, 0.3) is 0 Å². The minimum absolute atomic E-state index is 0.305. The lowest BCUT2D eigenvalue weighted by molar-refractivity contribution is -0.144. The van der Waals surface area contributed by atoms with Crippen LogP contribution in [0.15, 0.2) is 36.4 Å². The van der Waals surface area contributed by atoms with Gasteiger partial charge >= 0.3 is 5.97 Å². The number of hydrogen-bond acceptors (Lipinski definition) is 7. The molecule has 1 fully saturated rings. The Morgan fingerprint density at radius 1 is 1.03 bits per heavy atom. The third-order valence-corrected chi connectivity index (χ3v) is 4.72. The maximum absolute atomic E-state index is 12.2. The predicted molar refractivity (Wildman–Crippen MR) is 111 cm³/mol. The van der Waals surface area contributed by atoms with Crippen LogP contribution in [0.25, 0.3) is 11.6 Å². The third-order valence-electron chi connectivity index (χ3n) is 4.72. The van der Waals surface area contributed by atoms with Crippen molar-refractivity contribution in [1.29, 1.82) is 5.26 Å². The second-order valence-corrected chi connectivity index (χ2v) is 6.57. The monoisotopic (exact) mass is 409 g/mol. The third kappa shape index (κ3) is 4.73. The maximum Gasteiger partial charge on any atom is 0.340 e. The molecule has 3 rings (SSSR count). The van der Waals surface area contributed by atoms with E-state index in [1.807, 2.05) is 0 Å². The van der Waals surface area contributed by atoms with Crippen LogP contribution < -0.4 is 18.9 Å². The Labute approximate surface area is 175 Å². The highest BCUT2D eigenvalue weighted by molar-refractivity contribution is 5.90. The fourth-order valence-corrected chi connectivity index (χ4v) is 3.15. The lowest BCUT2D eigenvalue weighted by Crippen LogP contribution is -2.24. The number of hydrogen-bond donors (Lipinski definition) is 0. The van der Waals surface area contributed by atoms with Crippen molar-refractivity contribution in [3.8, 4) is 29.1 Å². The number of methoxy groups -OCH3 is 3. The summed E-state index contributed by atoms with van der Waals surface area (Å²) in [5.41, 5.74) is 1.83. The summed E-state index contributed by atoms with van der Waals surface area (Å²) < 4.78 is 26.7. The SMILES string of the molecule is COc1ccc(/C(C#N)=C\c2ccc(OC(=O)C3CCCO3)c(OC)c2)cc1OC. The first-order valence-electron chi connectivity index (χ1n) is 9.45. The molecule has 0 saturated carbocycles. The molecule has 7 nitrogen and oxygen atoms in total. The van der Waals surface area contributed by atoms with Crippen LogP contribution in [-0.2, 0) is 9.53 Å². The minimum atomic E-state index is -0.537. The quantitative estimate of drug-likeness (QED) is 0.297. The van der Waals surface area contributed by atoms with Crippen molar-refractivity contribution >= 4 is 17.6 Å². The van der Waals surface area contributed by atoms with Crippen LogP contribution in [0.3, 0.4) is 0 Å². The van der Waals surface area contributed by atoms with Crippen molar-refractivity contribution in [2.75, 3.05) is 27.9 Å². The van der Waals surface area contributed by atoms with Crippen molar-refractivity contribution in [3.63, 3.8) is 0 Å². The molecule has 1 unspecified atom stereocenters. The molecule has 0 aliphatic carbocycles. The van der Waals surface area contributed by atoms with Gasteiger partial charge in [0.15, 0.2) is 29.1 Å². The molecule has 156 valence electrons. The molecule has 0 N–H and O–H groups in total. The fraction of sp³-hybridized carbons (Fsp3) is 0.304. The Balaban J connectivity index is 1.86. The lowest BCUT2D eigenvalue weighted by Gasteiger charge is -2.13. The van der Waals surface area contributed by atoms with Gasteiger partial charge in [0, 0.05) is 6.61 Å². The summed E-state index contributed by atoms with van der Waals surface area (Å²) in [6.45, 7) is 0.563. The van der Waals surface area contributed by atoms with E-state index in [4.69, 9.17) is 23.7 Å². The molecule has 1 aliphatic rings. The zero-order valence-electron chi connectivity index (χ0n) is 17.1. The zero-order valence-corrected chi connectivity index (χ0v) is 17.1. The normalized spacial score (nSPS) is 15.9. The highest BCUT2D eigenvalue weighted by Crippen LogP contribution is 2.33. The van der Waals surface area contributed by atoms with Crippen molar-refractivity contribution in [3.05, 3.63) is 47.5 Å². The number of nitrogens with zero attached hydrogens (tertiary/aromatic N) is 1. The van der Waals surface area contributed by atoms with Gasteiger partial charge in [-0.25, -0.2) is 4.79 Å². The highest BCUT2D eigenvalue weighted by Gasteiger charge is 2.26. The summed E-state index contributed by atoms with van der Waals surface area (Å²) in [4.78, 5) is 12.2. The predicted octanol–water partition coefficient (Wildman–Crippen LogP) is 3.86. The van der Waals surface area contributed by atoms with Gasteiger partial charge in [-0.05, 0) is 60.4 Å². The molecule has 7 heteroatoms. The summed E-state index contributed by atoms with van der Waals surface area (Å²) in [5.74, 6) is 1.37. The number of carbonyl (C=O) groups excluding carboxylic acids is 1. The molecule has 0 amide bonds. The van der Waals surface area contributed by atoms with Crippen LogP contribution in [0.5, 0.6) is 23.0 Å². The summed E-state index contributed by atoms with van der Waals surface area (Å²) >= 11 is 0. The molecule has 0 spiro atoms. The number of benzene rings is 2. The smallest absolute Gasteiger partial charge is 0.340 e. The van der Waals surface area contributed by atoms with E-state index >= 15 is 0 Å². The molecular weight excluding hydrogens is 386 g/mol. The molecule has 2 aromatic rings. The van der Waals surface area contributed by atoms with Gasteiger partial charge in [-0.3, -0.25) is 0 Å². The minimum Gasteiger partial charge on any atom is -0.493 e. The molecule has 1 aliphatic heterocycles. The number of esters is 1. The second-order valence-electron chi connectivity index (χ2n) is 6.57. The second kappa shape index (κ2) is 9.81. The Bertz CT molecular complexity index is 986. The van der Waals surface area contributed by atoms with Crippen molar-refractivity contribution in [2.24, 2.45) is 0 Å². The first-order valence-corrected chi connectivity index (χ1v) is 9.45. The Hall–Kier alpha value is -3.50. The molecule has 30 heavy (non-hydrogen) atoms. The van der Waals surface area contributed by atoms with E-state index < -0.39 is 12.1 Å². The van der Waals surface area contributed by atoms with Crippen LogP contribution >= 0.6 is 0 Å². The summed E-state index contributed by atoms with van der Waals surface area (Å²) in [6, 6.07) is 12.6. The lowest BCUT2D eigenvalue weighted by atomic mass is 10.0. The fourth-order valence-electron chi connectivity index (χ4n) is 3.15. The van der Waals surface area contributed by atoms with Gasteiger partial charge in [-0.2, -0.15) is 5.26 Å². The van der Waals surface area contributed by atoms with Gasteiger partial charge in [-0.1, -0.05) is 6.07 Å². The number of carbonyl (C=O) groups is 1. The van der Waals surface area contributed by atoms with Gasteiger partial charge in [-0.15, -0.1) is 0 Å². The summed E-state index contributed by atoms with van der Waals surface area (Å²) in [7, 11) is 4.59. The molecular formula is C23H23NO6. The van der Waals surface area contributed by atoms with Crippen LogP contribution in [-0.4, -0.2) is 40.0 Å². The van der Waals surface area contributed by atoms with Gasteiger partial charge < -0.3 is 23.7 Å². The van der Waals surface area contributed by atoms with E-state index in [9.17, 15) is 10.1 Å². The summed E-state index contributed by atoms with van der Waals surface area (Å²) in [6.07, 6.45) is 2.67.